The number of aryl methyl sites for hydroxylation is 1. The van der Waals surface area contributed by atoms with E-state index in [1.54, 1.807) is 17.9 Å². The Labute approximate surface area is 142 Å². The molecule has 2 heterocycles. The molecule has 0 spiro atoms. The molecule has 1 aliphatic heterocycles. The van der Waals surface area contributed by atoms with Crippen molar-refractivity contribution in [3.8, 4) is 11.4 Å². The Kier molecular flexibility index (Phi) is 4.85. The molecule has 24 heavy (non-hydrogen) atoms. The minimum Gasteiger partial charge on any atom is -0.494 e. The summed E-state index contributed by atoms with van der Waals surface area (Å²) < 4.78 is 7.12. The van der Waals surface area contributed by atoms with Crippen molar-refractivity contribution in [2.45, 2.75) is 25.8 Å². The van der Waals surface area contributed by atoms with Gasteiger partial charge in [-0.1, -0.05) is 6.07 Å². The van der Waals surface area contributed by atoms with Gasteiger partial charge < -0.3 is 15.0 Å². The van der Waals surface area contributed by atoms with Crippen LogP contribution in [0.2, 0.25) is 0 Å². The summed E-state index contributed by atoms with van der Waals surface area (Å²) in [6, 6.07) is 7.93. The zero-order valence-corrected chi connectivity index (χ0v) is 14.5. The molecule has 1 fully saturated rings. The van der Waals surface area contributed by atoms with Crippen LogP contribution in [0, 0.1) is 6.92 Å². The average molecular weight is 328 g/mol. The van der Waals surface area contributed by atoms with E-state index < -0.39 is 0 Å². The van der Waals surface area contributed by atoms with Crippen LogP contribution < -0.4 is 10.1 Å². The maximum Gasteiger partial charge on any atom is 0.274 e. The highest BCUT2D eigenvalue weighted by atomic mass is 16.5. The lowest BCUT2D eigenvalue weighted by atomic mass is 10.2. The number of likely N-dealkylation sites (tertiary alicyclic amines) is 1. The number of hydrogen-bond donors (Lipinski definition) is 1. The van der Waals surface area contributed by atoms with Crippen molar-refractivity contribution < 1.29 is 9.53 Å². The van der Waals surface area contributed by atoms with E-state index >= 15 is 0 Å². The number of carbonyl (C=O) groups excluding carboxylic acids is 1. The van der Waals surface area contributed by atoms with Gasteiger partial charge in [0.25, 0.3) is 5.91 Å². The van der Waals surface area contributed by atoms with E-state index in [-0.39, 0.29) is 11.9 Å². The van der Waals surface area contributed by atoms with Gasteiger partial charge in [0.2, 0.25) is 0 Å². The molecule has 0 bridgehead atoms. The highest BCUT2D eigenvalue weighted by Gasteiger charge is 2.30. The van der Waals surface area contributed by atoms with Crippen LogP contribution >= 0.6 is 0 Å². The first-order valence-electron chi connectivity index (χ1n) is 8.30. The van der Waals surface area contributed by atoms with Gasteiger partial charge in [0.15, 0.2) is 5.69 Å². The molecule has 0 aliphatic carbocycles. The summed E-state index contributed by atoms with van der Waals surface area (Å²) in [7, 11) is 3.55. The van der Waals surface area contributed by atoms with E-state index in [1.807, 2.05) is 43.3 Å². The largest absolute Gasteiger partial charge is 0.494 e. The number of benzene rings is 1. The van der Waals surface area contributed by atoms with Crippen LogP contribution in [0.4, 0.5) is 0 Å². The van der Waals surface area contributed by atoms with Crippen molar-refractivity contribution in [1.29, 1.82) is 0 Å². The van der Waals surface area contributed by atoms with Crippen LogP contribution in [-0.4, -0.2) is 53.9 Å². The first-order chi connectivity index (χ1) is 11.6. The summed E-state index contributed by atoms with van der Waals surface area (Å²) in [5.74, 6) is 0.732. The smallest absolute Gasteiger partial charge is 0.274 e. The highest BCUT2D eigenvalue weighted by Crippen LogP contribution is 2.24. The van der Waals surface area contributed by atoms with Crippen LogP contribution in [-0.2, 0) is 0 Å². The minimum atomic E-state index is -0.00174. The molecule has 1 saturated heterocycles. The molecular weight excluding hydrogens is 304 g/mol. The lowest BCUT2D eigenvalue weighted by Crippen LogP contribution is -2.41. The fraction of sp³-hybridized carbons (Fsp3) is 0.444. The number of nitrogens with one attached hydrogen (secondary N) is 1. The van der Waals surface area contributed by atoms with Gasteiger partial charge >= 0.3 is 0 Å². The third kappa shape index (κ3) is 3.14. The SMILES string of the molecule is CNC[C@@H]1CCCN1C(=O)c1ccn(-c2cc(C)ccc2OC)n1. The lowest BCUT2D eigenvalue weighted by Gasteiger charge is -2.23. The first kappa shape index (κ1) is 16.5. The third-order valence-corrected chi connectivity index (χ3v) is 4.47. The van der Waals surface area contributed by atoms with E-state index in [2.05, 4.69) is 10.4 Å². The second-order valence-corrected chi connectivity index (χ2v) is 6.17. The van der Waals surface area contributed by atoms with Gasteiger partial charge in [-0.05, 0) is 50.6 Å². The van der Waals surface area contributed by atoms with Gasteiger partial charge in [-0.2, -0.15) is 5.10 Å². The van der Waals surface area contributed by atoms with Gasteiger partial charge in [-0.15, -0.1) is 0 Å². The quantitative estimate of drug-likeness (QED) is 0.912. The molecule has 6 heteroatoms. The first-order valence-corrected chi connectivity index (χ1v) is 8.30. The van der Waals surface area contributed by atoms with Crippen molar-refractivity contribution in [2.75, 3.05) is 27.2 Å². The molecular formula is C18H24N4O2. The summed E-state index contributed by atoms with van der Waals surface area (Å²) in [5, 5.41) is 7.66. The van der Waals surface area contributed by atoms with Crippen molar-refractivity contribution >= 4 is 5.91 Å². The van der Waals surface area contributed by atoms with Crippen LogP contribution in [0.15, 0.2) is 30.5 Å². The van der Waals surface area contributed by atoms with Gasteiger partial charge in [0, 0.05) is 25.3 Å². The van der Waals surface area contributed by atoms with E-state index in [0.29, 0.717) is 5.69 Å². The summed E-state index contributed by atoms with van der Waals surface area (Å²) in [4.78, 5) is 14.7. The molecule has 2 aromatic rings. The van der Waals surface area contributed by atoms with Crippen LogP contribution in [0.25, 0.3) is 5.69 Å². The molecule has 0 radical (unpaired) electrons. The van der Waals surface area contributed by atoms with Crippen LogP contribution in [0.3, 0.4) is 0 Å². The highest BCUT2D eigenvalue weighted by molar-refractivity contribution is 5.92. The Balaban J connectivity index is 1.86. The molecule has 1 aromatic heterocycles. The van der Waals surface area contributed by atoms with Crippen LogP contribution in [0.5, 0.6) is 5.75 Å². The number of methoxy groups -OCH3 is 1. The third-order valence-electron chi connectivity index (χ3n) is 4.47. The van der Waals surface area contributed by atoms with Gasteiger partial charge in [-0.25, -0.2) is 4.68 Å². The zero-order chi connectivity index (χ0) is 17.1. The van der Waals surface area contributed by atoms with Crippen molar-refractivity contribution in [1.82, 2.24) is 20.0 Å². The van der Waals surface area contributed by atoms with Gasteiger partial charge in [0.1, 0.15) is 11.4 Å². The monoisotopic (exact) mass is 328 g/mol. The Morgan fingerprint density at radius 1 is 1.42 bits per heavy atom. The van der Waals surface area contributed by atoms with E-state index in [1.165, 1.54) is 0 Å². The number of carbonyl (C=O) groups is 1. The molecule has 0 saturated carbocycles. The number of rotatable bonds is 5. The summed E-state index contributed by atoms with van der Waals surface area (Å²) in [6.07, 6.45) is 3.90. The number of ether oxygens (including phenoxy) is 1. The standard InChI is InChI=1S/C18H24N4O2/c1-13-6-7-17(24-3)16(11-13)22-10-8-15(20-22)18(23)21-9-4-5-14(21)12-19-2/h6-8,10-11,14,19H,4-5,9,12H2,1-3H3/t14-/m0/s1. The van der Waals surface area contributed by atoms with Crippen molar-refractivity contribution in [3.63, 3.8) is 0 Å². The minimum absolute atomic E-state index is 0.00174. The van der Waals surface area contributed by atoms with Crippen molar-refractivity contribution in [3.05, 3.63) is 41.7 Å². The summed E-state index contributed by atoms with van der Waals surface area (Å²) in [5.41, 5.74) is 2.43. The molecule has 3 rings (SSSR count). The summed E-state index contributed by atoms with van der Waals surface area (Å²) >= 11 is 0. The normalized spacial score (nSPS) is 17.3. The second-order valence-electron chi connectivity index (χ2n) is 6.17. The molecule has 1 aromatic carbocycles. The van der Waals surface area contributed by atoms with E-state index in [9.17, 15) is 4.79 Å². The molecule has 1 aliphatic rings. The lowest BCUT2D eigenvalue weighted by molar-refractivity contribution is 0.0730. The Morgan fingerprint density at radius 3 is 3.00 bits per heavy atom. The topological polar surface area (TPSA) is 59.4 Å². The molecule has 1 atom stereocenters. The fourth-order valence-corrected chi connectivity index (χ4v) is 3.25. The number of hydrogen-bond acceptors (Lipinski definition) is 4. The maximum atomic E-state index is 12.8. The number of amides is 1. The number of aromatic nitrogens is 2. The maximum absolute atomic E-state index is 12.8. The van der Waals surface area contributed by atoms with Crippen molar-refractivity contribution in [2.24, 2.45) is 0 Å². The molecule has 128 valence electrons. The average Bonchev–Trinajstić information content (AvgIpc) is 3.24. The number of likely N-dealkylation sites (N-methyl/N-ethyl adjacent to an activating group) is 1. The van der Waals surface area contributed by atoms with Gasteiger partial charge in [-0.3, -0.25) is 4.79 Å². The number of nitrogens with zero attached hydrogens (tertiary/aromatic N) is 3. The Hall–Kier alpha value is -2.34. The predicted octanol–water partition coefficient (Wildman–Crippen LogP) is 2.01. The Bertz CT molecular complexity index is 726. The second kappa shape index (κ2) is 7.05. The molecule has 1 N–H and O–H groups in total. The molecule has 0 unspecified atom stereocenters. The zero-order valence-electron chi connectivity index (χ0n) is 14.5. The fourth-order valence-electron chi connectivity index (χ4n) is 3.25. The molecule has 1 amide bonds. The summed E-state index contributed by atoms with van der Waals surface area (Å²) in [6.45, 7) is 3.63. The van der Waals surface area contributed by atoms with Gasteiger partial charge in [0.05, 0.1) is 7.11 Å². The molecule has 6 nitrogen and oxygen atoms in total. The Morgan fingerprint density at radius 2 is 2.25 bits per heavy atom. The van der Waals surface area contributed by atoms with E-state index in [0.717, 1.165) is 42.9 Å². The van der Waals surface area contributed by atoms with E-state index in [4.69, 9.17) is 4.74 Å². The predicted molar refractivity (Wildman–Crippen MR) is 92.8 cm³/mol. The van der Waals surface area contributed by atoms with Crippen LogP contribution in [0.1, 0.15) is 28.9 Å².